The lowest BCUT2D eigenvalue weighted by Gasteiger charge is -2.45. The van der Waals surface area contributed by atoms with E-state index in [0.717, 1.165) is 24.6 Å². The maximum atomic E-state index is 12.9. The fourth-order valence-electron chi connectivity index (χ4n) is 3.69. The molecule has 148 valence electrons. The Morgan fingerprint density at radius 1 is 1.11 bits per heavy atom. The Morgan fingerprint density at radius 3 is 2.46 bits per heavy atom. The van der Waals surface area contributed by atoms with Gasteiger partial charge in [-0.05, 0) is 23.3 Å². The summed E-state index contributed by atoms with van der Waals surface area (Å²) in [5, 5.41) is 8.73. The number of carbonyl (C=O) groups excluding carboxylic acids is 1. The molecule has 6 nitrogen and oxygen atoms in total. The zero-order chi connectivity index (χ0) is 19.9. The Bertz CT molecular complexity index is 854. The van der Waals surface area contributed by atoms with E-state index in [1.54, 1.807) is 0 Å². The van der Waals surface area contributed by atoms with Crippen LogP contribution in [0.1, 0.15) is 37.6 Å². The molecule has 1 atom stereocenters. The van der Waals surface area contributed by atoms with Crippen molar-refractivity contribution in [3.8, 4) is 0 Å². The Morgan fingerprint density at radius 2 is 1.82 bits per heavy atom. The van der Waals surface area contributed by atoms with Crippen molar-refractivity contribution < 1.29 is 9.53 Å². The van der Waals surface area contributed by atoms with Crippen molar-refractivity contribution in [3.05, 3.63) is 53.2 Å². The van der Waals surface area contributed by atoms with Gasteiger partial charge < -0.3 is 14.5 Å². The molecule has 0 saturated carbocycles. The molecule has 1 saturated heterocycles. The topological polar surface area (TPSA) is 58.6 Å². The number of carbonyl (C=O) groups is 1. The summed E-state index contributed by atoms with van der Waals surface area (Å²) in [7, 11) is 1.88. The zero-order valence-corrected chi connectivity index (χ0v) is 17.1. The van der Waals surface area contributed by atoms with Gasteiger partial charge in [0.1, 0.15) is 6.10 Å². The fraction of sp³-hybridized carbons (Fsp3) is 0.500. The number of benzene rings is 1. The first-order valence-electron chi connectivity index (χ1n) is 9.87. The lowest BCUT2D eigenvalue weighted by molar-refractivity contribution is -0.146. The molecule has 0 aliphatic carbocycles. The van der Waals surface area contributed by atoms with Crippen molar-refractivity contribution in [3.63, 3.8) is 0 Å². The molecule has 2 aliphatic rings. The maximum absolute atomic E-state index is 12.9. The number of hydrogen-bond acceptors (Lipinski definition) is 5. The van der Waals surface area contributed by atoms with Gasteiger partial charge in [-0.15, -0.1) is 5.10 Å². The monoisotopic (exact) mass is 380 g/mol. The number of ether oxygens (including phenoxy) is 1. The summed E-state index contributed by atoms with van der Waals surface area (Å²) < 4.78 is 5.84. The molecule has 1 unspecified atom stereocenters. The van der Waals surface area contributed by atoms with E-state index in [0.29, 0.717) is 13.0 Å². The van der Waals surface area contributed by atoms with Crippen LogP contribution in [0.4, 0.5) is 5.82 Å². The molecule has 4 rings (SSSR count). The number of fused-ring (bicyclic) bond motifs is 1. The summed E-state index contributed by atoms with van der Waals surface area (Å²) in [5.41, 5.74) is 3.37. The van der Waals surface area contributed by atoms with Gasteiger partial charge >= 0.3 is 0 Å². The average Bonchev–Trinajstić information content (AvgIpc) is 2.65. The molecule has 0 N–H and O–H groups in total. The smallest absolute Gasteiger partial charge is 0.252 e. The van der Waals surface area contributed by atoms with Crippen LogP contribution in [0.15, 0.2) is 36.4 Å². The van der Waals surface area contributed by atoms with Gasteiger partial charge in [-0.2, -0.15) is 5.10 Å². The second kappa shape index (κ2) is 7.17. The van der Waals surface area contributed by atoms with Crippen LogP contribution in [0.5, 0.6) is 0 Å². The van der Waals surface area contributed by atoms with E-state index < -0.39 is 0 Å². The van der Waals surface area contributed by atoms with Crippen LogP contribution < -0.4 is 4.90 Å². The lowest BCUT2D eigenvalue weighted by atomic mass is 9.92. The molecular formula is C22H28N4O2. The van der Waals surface area contributed by atoms with Gasteiger partial charge in [-0.25, -0.2) is 0 Å². The fourth-order valence-corrected chi connectivity index (χ4v) is 3.69. The summed E-state index contributed by atoms with van der Waals surface area (Å²) in [4.78, 5) is 16.9. The first-order chi connectivity index (χ1) is 13.3. The van der Waals surface area contributed by atoms with E-state index in [2.05, 4.69) is 48.0 Å². The first kappa shape index (κ1) is 18.9. The van der Waals surface area contributed by atoms with Crippen LogP contribution in [0, 0.1) is 0 Å². The minimum atomic E-state index is -0.389. The highest BCUT2D eigenvalue weighted by Crippen LogP contribution is 2.26. The standard InChI is InChI=1S/C22H28N4O2/c1-22(2,3)19-9-10-20(24-23-19)26-12-17(13-26)25(4)21(27)18-11-15-7-5-6-8-16(15)14-28-18/h5-10,17-18H,11-14H2,1-4H3. The zero-order valence-electron chi connectivity index (χ0n) is 17.1. The third-order valence-electron chi connectivity index (χ3n) is 5.74. The summed E-state index contributed by atoms with van der Waals surface area (Å²) in [6.07, 6.45) is 0.259. The number of aromatic nitrogens is 2. The van der Waals surface area contributed by atoms with Gasteiger partial charge in [-0.1, -0.05) is 45.0 Å². The molecule has 1 amide bonds. The van der Waals surface area contributed by atoms with Gasteiger partial charge in [0.15, 0.2) is 5.82 Å². The molecule has 3 heterocycles. The van der Waals surface area contributed by atoms with Crippen LogP contribution >= 0.6 is 0 Å². The minimum Gasteiger partial charge on any atom is -0.363 e. The van der Waals surface area contributed by atoms with Crippen LogP contribution in [0.3, 0.4) is 0 Å². The van der Waals surface area contributed by atoms with E-state index in [4.69, 9.17) is 4.74 Å². The van der Waals surface area contributed by atoms with Crippen LogP contribution in [-0.2, 0) is 28.0 Å². The molecule has 1 aromatic heterocycles. The molecule has 2 aromatic rings. The van der Waals surface area contributed by atoms with Gasteiger partial charge in [0, 0.05) is 32.0 Å². The summed E-state index contributed by atoms with van der Waals surface area (Å²) >= 11 is 0. The molecule has 1 fully saturated rings. The number of rotatable bonds is 3. The highest BCUT2D eigenvalue weighted by molar-refractivity contribution is 5.82. The summed E-state index contributed by atoms with van der Waals surface area (Å²) in [6, 6.07) is 12.4. The van der Waals surface area contributed by atoms with Crippen LogP contribution in [0.2, 0.25) is 0 Å². The number of anilines is 1. The number of nitrogens with zero attached hydrogens (tertiary/aromatic N) is 4. The van der Waals surface area contributed by atoms with Gasteiger partial charge in [0.2, 0.25) is 0 Å². The second-order valence-electron chi connectivity index (χ2n) is 8.81. The van der Waals surface area contributed by atoms with E-state index >= 15 is 0 Å². The van der Waals surface area contributed by atoms with E-state index in [9.17, 15) is 4.79 Å². The van der Waals surface area contributed by atoms with Gasteiger partial charge in [0.25, 0.3) is 5.91 Å². The number of amides is 1. The van der Waals surface area contributed by atoms with Crippen molar-refractivity contribution in [2.45, 2.75) is 51.4 Å². The largest absolute Gasteiger partial charge is 0.363 e. The Kier molecular flexibility index (Phi) is 4.83. The predicted molar refractivity (Wildman–Crippen MR) is 108 cm³/mol. The third-order valence-corrected chi connectivity index (χ3v) is 5.74. The van der Waals surface area contributed by atoms with Crippen molar-refractivity contribution in [2.24, 2.45) is 0 Å². The van der Waals surface area contributed by atoms with Crippen molar-refractivity contribution in [1.82, 2.24) is 15.1 Å². The third kappa shape index (κ3) is 3.61. The summed E-state index contributed by atoms with van der Waals surface area (Å²) in [5.74, 6) is 0.932. The normalized spacial score (nSPS) is 19.7. The minimum absolute atomic E-state index is 0.00569. The maximum Gasteiger partial charge on any atom is 0.252 e. The molecule has 0 radical (unpaired) electrons. The van der Waals surface area contributed by atoms with Gasteiger partial charge in [-0.3, -0.25) is 4.79 Å². The SMILES string of the molecule is CN(C(=O)C1Cc2ccccc2CO1)C1CN(c2ccc(C(C)(C)C)nn2)C1. The molecule has 0 spiro atoms. The number of likely N-dealkylation sites (N-methyl/N-ethyl adjacent to an activating group) is 1. The van der Waals surface area contributed by atoms with Crippen LogP contribution in [0.25, 0.3) is 0 Å². The summed E-state index contributed by atoms with van der Waals surface area (Å²) in [6.45, 7) is 8.44. The first-order valence-corrected chi connectivity index (χ1v) is 9.87. The lowest BCUT2D eigenvalue weighted by Crippen LogP contribution is -2.61. The van der Waals surface area contributed by atoms with Crippen molar-refractivity contribution in [2.75, 3.05) is 25.0 Å². The Hall–Kier alpha value is -2.47. The second-order valence-corrected chi connectivity index (χ2v) is 8.81. The molecular weight excluding hydrogens is 352 g/mol. The average molecular weight is 380 g/mol. The number of hydrogen-bond donors (Lipinski definition) is 0. The molecule has 28 heavy (non-hydrogen) atoms. The molecule has 6 heteroatoms. The van der Waals surface area contributed by atoms with Crippen molar-refractivity contribution in [1.29, 1.82) is 0 Å². The highest BCUT2D eigenvalue weighted by atomic mass is 16.5. The molecule has 1 aromatic carbocycles. The molecule has 2 aliphatic heterocycles. The van der Waals surface area contributed by atoms with Gasteiger partial charge in [0.05, 0.1) is 18.3 Å². The molecule has 0 bridgehead atoms. The Labute approximate surface area is 166 Å². The quantitative estimate of drug-likeness (QED) is 0.819. The predicted octanol–water partition coefficient (Wildman–Crippen LogP) is 2.56. The van der Waals surface area contributed by atoms with Crippen molar-refractivity contribution >= 4 is 11.7 Å². The van der Waals surface area contributed by atoms with Crippen LogP contribution in [-0.4, -0.2) is 53.3 Å². The van der Waals surface area contributed by atoms with E-state index in [1.165, 1.54) is 11.1 Å². The van der Waals surface area contributed by atoms with E-state index in [-0.39, 0.29) is 23.5 Å². The Balaban J connectivity index is 1.34. The highest BCUT2D eigenvalue weighted by Gasteiger charge is 2.37. The van der Waals surface area contributed by atoms with E-state index in [1.807, 2.05) is 36.2 Å².